The van der Waals surface area contributed by atoms with Crippen LogP contribution < -0.4 is 5.32 Å². The summed E-state index contributed by atoms with van der Waals surface area (Å²) in [6.45, 7) is 0. The molecule has 2 rings (SSSR count). The largest absolute Gasteiger partial charge is 0.320 e. The number of pyridine rings is 1. The quantitative estimate of drug-likeness (QED) is 0.397. The number of nitro groups is 1. The highest BCUT2D eigenvalue weighted by molar-refractivity contribution is 9.10. The molecular formula is C14H10BrN3O3. The van der Waals surface area contributed by atoms with E-state index in [4.69, 9.17) is 0 Å². The molecule has 1 aromatic heterocycles. The first kappa shape index (κ1) is 14.9. The molecule has 2 aromatic rings. The molecule has 0 unspecified atom stereocenters. The zero-order valence-electron chi connectivity index (χ0n) is 10.7. The van der Waals surface area contributed by atoms with Gasteiger partial charge in [-0.05, 0) is 39.7 Å². The van der Waals surface area contributed by atoms with Crippen molar-refractivity contribution in [2.45, 2.75) is 0 Å². The standard InChI is InChI=1S/C14H10BrN3O3/c15-14-12(5-2-8-16-14)17-13(19)7-6-10-3-1-4-11(9-10)18(20)21/h1-9H,(H,17,19)/b7-6+. The van der Waals surface area contributed by atoms with Crippen molar-refractivity contribution >= 4 is 39.3 Å². The van der Waals surface area contributed by atoms with Crippen molar-refractivity contribution in [3.8, 4) is 0 Å². The van der Waals surface area contributed by atoms with Gasteiger partial charge in [0.05, 0.1) is 10.6 Å². The second kappa shape index (κ2) is 6.76. The Bertz CT molecular complexity index is 716. The number of nitrogens with zero attached hydrogens (tertiary/aromatic N) is 2. The van der Waals surface area contributed by atoms with Crippen molar-refractivity contribution in [3.05, 3.63) is 69.0 Å². The lowest BCUT2D eigenvalue weighted by atomic mass is 10.2. The molecule has 0 fully saturated rings. The van der Waals surface area contributed by atoms with E-state index in [1.165, 1.54) is 24.3 Å². The first-order chi connectivity index (χ1) is 10.1. The van der Waals surface area contributed by atoms with E-state index in [-0.39, 0.29) is 11.6 Å². The number of halogens is 1. The van der Waals surface area contributed by atoms with Crippen LogP contribution in [-0.4, -0.2) is 15.8 Å². The van der Waals surface area contributed by atoms with Crippen LogP contribution >= 0.6 is 15.9 Å². The number of rotatable bonds is 4. The molecule has 0 aliphatic carbocycles. The zero-order chi connectivity index (χ0) is 15.2. The van der Waals surface area contributed by atoms with Crippen LogP contribution in [0.1, 0.15) is 5.56 Å². The summed E-state index contributed by atoms with van der Waals surface area (Å²) < 4.78 is 0.530. The van der Waals surface area contributed by atoms with Gasteiger partial charge in [0, 0.05) is 24.4 Å². The molecule has 0 aliphatic heterocycles. The molecule has 1 heterocycles. The molecule has 0 saturated carbocycles. The fourth-order valence-corrected chi connectivity index (χ4v) is 1.92. The Balaban J connectivity index is 2.07. The number of carbonyl (C=O) groups excluding carboxylic acids is 1. The molecule has 1 aromatic carbocycles. The van der Waals surface area contributed by atoms with E-state index in [1.54, 1.807) is 30.5 Å². The highest BCUT2D eigenvalue weighted by Crippen LogP contribution is 2.18. The Kier molecular flexibility index (Phi) is 4.78. The average molecular weight is 348 g/mol. The van der Waals surface area contributed by atoms with Crippen LogP contribution in [0.25, 0.3) is 6.08 Å². The molecule has 1 amide bonds. The van der Waals surface area contributed by atoms with E-state index in [0.29, 0.717) is 15.9 Å². The Hall–Kier alpha value is -2.54. The Morgan fingerprint density at radius 1 is 1.33 bits per heavy atom. The van der Waals surface area contributed by atoms with Gasteiger partial charge in [-0.3, -0.25) is 14.9 Å². The molecule has 21 heavy (non-hydrogen) atoms. The summed E-state index contributed by atoms with van der Waals surface area (Å²) in [5.41, 5.74) is 1.10. The maximum Gasteiger partial charge on any atom is 0.270 e. The topological polar surface area (TPSA) is 85.1 Å². The van der Waals surface area contributed by atoms with E-state index in [0.717, 1.165) is 0 Å². The van der Waals surface area contributed by atoms with Crippen LogP contribution in [0, 0.1) is 10.1 Å². The van der Waals surface area contributed by atoms with Crippen LogP contribution in [0.2, 0.25) is 0 Å². The predicted molar refractivity (Wildman–Crippen MR) is 82.7 cm³/mol. The summed E-state index contributed by atoms with van der Waals surface area (Å²) in [5, 5.41) is 13.3. The van der Waals surface area contributed by atoms with Crippen LogP contribution in [0.15, 0.2) is 53.3 Å². The Morgan fingerprint density at radius 2 is 2.14 bits per heavy atom. The van der Waals surface area contributed by atoms with Crippen LogP contribution in [0.4, 0.5) is 11.4 Å². The molecule has 0 spiro atoms. The minimum absolute atomic E-state index is 0.0208. The van der Waals surface area contributed by atoms with Crippen molar-refractivity contribution in [2.24, 2.45) is 0 Å². The van der Waals surface area contributed by atoms with E-state index >= 15 is 0 Å². The van der Waals surface area contributed by atoms with Crippen LogP contribution in [-0.2, 0) is 4.79 Å². The Labute approximate surface area is 128 Å². The van der Waals surface area contributed by atoms with Crippen molar-refractivity contribution in [2.75, 3.05) is 5.32 Å². The minimum Gasteiger partial charge on any atom is -0.320 e. The van der Waals surface area contributed by atoms with Gasteiger partial charge in [-0.1, -0.05) is 12.1 Å². The summed E-state index contributed by atoms with van der Waals surface area (Å²) >= 11 is 3.22. The van der Waals surface area contributed by atoms with Gasteiger partial charge in [0.25, 0.3) is 5.69 Å². The van der Waals surface area contributed by atoms with Gasteiger partial charge in [0.1, 0.15) is 4.60 Å². The molecule has 1 N–H and O–H groups in total. The number of non-ortho nitro benzene ring substituents is 1. The third-order valence-corrected chi connectivity index (χ3v) is 3.16. The normalized spacial score (nSPS) is 10.5. The molecule has 7 heteroatoms. The molecule has 0 atom stereocenters. The second-order valence-electron chi connectivity index (χ2n) is 4.02. The Morgan fingerprint density at radius 3 is 2.86 bits per heavy atom. The zero-order valence-corrected chi connectivity index (χ0v) is 12.3. The molecule has 0 radical (unpaired) electrons. The molecular weight excluding hydrogens is 338 g/mol. The molecule has 6 nitrogen and oxygen atoms in total. The van der Waals surface area contributed by atoms with E-state index in [1.807, 2.05) is 0 Å². The smallest absolute Gasteiger partial charge is 0.270 e. The monoisotopic (exact) mass is 347 g/mol. The van der Waals surface area contributed by atoms with Gasteiger partial charge in [0.2, 0.25) is 5.91 Å². The van der Waals surface area contributed by atoms with Crippen LogP contribution in [0.5, 0.6) is 0 Å². The fourth-order valence-electron chi connectivity index (χ4n) is 1.57. The number of nitrogens with one attached hydrogen (secondary N) is 1. The predicted octanol–water partition coefficient (Wildman–Crippen LogP) is 3.40. The number of benzene rings is 1. The summed E-state index contributed by atoms with van der Waals surface area (Å²) in [6, 6.07) is 9.43. The average Bonchev–Trinajstić information content (AvgIpc) is 2.48. The number of carbonyl (C=O) groups is 1. The first-order valence-electron chi connectivity index (χ1n) is 5.90. The van der Waals surface area contributed by atoms with Gasteiger partial charge in [0.15, 0.2) is 0 Å². The minimum atomic E-state index is -0.482. The molecule has 0 saturated heterocycles. The molecule has 0 aliphatic rings. The number of hydrogen-bond acceptors (Lipinski definition) is 4. The highest BCUT2D eigenvalue weighted by Gasteiger charge is 2.05. The highest BCUT2D eigenvalue weighted by atomic mass is 79.9. The van der Waals surface area contributed by atoms with Crippen molar-refractivity contribution < 1.29 is 9.72 Å². The summed E-state index contributed by atoms with van der Waals surface area (Å²) in [4.78, 5) is 25.9. The van der Waals surface area contributed by atoms with Crippen LogP contribution in [0.3, 0.4) is 0 Å². The fraction of sp³-hybridized carbons (Fsp3) is 0. The molecule has 106 valence electrons. The number of hydrogen-bond donors (Lipinski definition) is 1. The SMILES string of the molecule is O=C(/C=C/c1cccc([N+](=O)[O-])c1)Nc1cccnc1Br. The van der Waals surface area contributed by atoms with E-state index in [9.17, 15) is 14.9 Å². The van der Waals surface area contributed by atoms with Gasteiger partial charge < -0.3 is 5.32 Å². The summed E-state index contributed by atoms with van der Waals surface area (Å²) in [5.74, 6) is -0.352. The number of aromatic nitrogens is 1. The van der Waals surface area contributed by atoms with Gasteiger partial charge >= 0.3 is 0 Å². The summed E-state index contributed by atoms with van der Waals surface area (Å²) in [7, 11) is 0. The van der Waals surface area contributed by atoms with E-state index < -0.39 is 4.92 Å². The summed E-state index contributed by atoms with van der Waals surface area (Å²) in [6.07, 6.45) is 4.41. The maximum absolute atomic E-state index is 11.8. The first-order valence-corrected chi connectivity index (χ1v) is 6.69. The lowest BCUT2D eigenvalue weighted by Gasteiger charge is -2.03. The van der Waals surface area contributed by atoms with Gasteiger partial charge in [-0.25, -0.2) is 4.98 Å². The van der Waals surface area contributed by atoms with Crippen molar-refractivity contribution in [1.82, 2.24) is 4.98 Å². The number of anilines is 1. The maximum atomic E-state index is 11.8. The van der Waals surface area contributed by atoms with Crippen molar-refractivity contribution in [1.29, 1.82) is 0 Å². The number of amides is 1. The van der Waals surface area contributed by atoms with Crippen molar-refractivity contribution in [3.63, 3.8) is 0 Å². The van der Waals surface area contributed by atoms with Gasteiger partial charge in [-0.15, -0.1) is 0 Å². The third-order valence-electron chi connectivity index (χ3n) is 2.53. The lowest BCUT2D eigenvalue weighted by molar-refractivity contribution is -0.384. The van der Waals surface area contributed by atoms with Gasteiger partial charge in [-0.2, -0.15) is 0 Å². The third kappa shape index (κ3) is 4.22. The second-order valence-corrected chi connectivity index (χ2v) is 4.77. The van der Waals surface area contributed by atoms with E-state index in [2.05, 4.69) is 26.2 Å². The molecule has 0 bridgehead atoms. The lowest BCUT2D eigenvalue weighted by Crippen LogP contribution is -2.08. The number of nitro benzene ring substituents is 1.